The number of carbonyl (C=O) groups excluding carboxylic acids is 1. The summed E-state index contributed by atoms with van der Waals surface area (Å²) in [6.07, 6.45) is 0. The molecule has 0 spiro atoms. The number of hydrogen-bond donors (Lipinski definition) is 2. The van der Waals surface area contributed by atoms with Gasteiger partial charge in [0.2, 0.25) is 0 Å². The summed E-state index contributed by atoms with van der Waals surface area (Å²) in [4.78, 5) is 23.0. The van der Waals surface area contributed by atoms with Crippen LogP contribution in [0.4, 0.5) is 0 Å². The van der Waals surface area contributed by atoms with Gasteiger partial charge in [-0.3, -0.25) is 9.59 Å². The van der Waals surface area contributed by atoms with Crippen LogP contribution in [0.3, 0.4) is 0 Å². The van der Waals surface area contributed by atoms with E-state index in [1.807, 2.05) is 0 Å². The summed E-state index contributed by atoms with van der Waals surface area (Å²) in [5.41, 5.74) is 4.41. The van der Waals surface area contributed by atoms with Crippen LogP contribution in [0.25, 0.3) is 10.9 Å². The van der Waals surface area contributed by atoms with Gasteiger partial charge in [-0.1, -0.05) is 17.7 Å². The van der Waals surface area contributed by atoms with Gasteiger partial charge < -0.3 is 16.8 Å². The maximum absolute atomic E-state index is 11.8. The molecule has 0 saturated carbocycles. The van der Waals surface area contributed by atoms with Crippen LogP contribution >= 0.6 is 11.6 Å². The van der Waals surface area contributed by atoms with Crippen molar-refractivity contribution in [2.75, 3.05) is 0 Å². The molecule has 0 unspecified atom stereocenters. The van der Waals surface area contributed by atoms with Crippen molar-refractivity contribution in [3.8, 4) is 5.75 Å². The van der Waals surface area contributed by atoms with Crippen molar-refractivity contribution in [2.45, 2.75) is 0 Å². The fraction of sp³-hybridized carbons (Fsp3) is 0.0909. The fourth-order valence-corrected chi connectivity index (χ4v) is 2.01. The summed E-state index contributed by atoms with van der Waals surface area (Å²) in [5, 5.41) is 10.4. The third-order valence-corrected chi connectivity index (χ3v) is 2.91. The van der Waals surface area contributed by atoms with Crippen LogP contribution < -0.4 is 40.9 Å². The van der Waals surface area contributed by atoms with Gasteiger partial charge in [0.05, 0.1) is 15.9 Å². The molecule has 7 heteroatoms. The minimum atomic E-state index is -0.982. The number of primary amides is 1. The third-order valence-electron chi connectivity index (χ3n) is 2.59. The Bertz CT molecular complexity index is 702. The van der Waals surface area contributed by atoms with Gasteiger partial charge >= 0.3 is 29.6 Å². The number of hydrogen-bond acceptors (Lipinski definition) is 3. The number of aromatic hydroxyl groups is 1. The van der Waals surface area contributed by atoms with E-state index in [0.29, 0.717) is 5.52 Å². The molecule has 18 heavy (non-hydrogen) atoms. The Labute approximate surface area is 131 Å². The molecule has 1 amide bonds. The molecule has 0 saturated heterocycles. The quantitative estimate of drug-likeness (QED) is 0.598. The largest absolute Gasteiger partial charge is 1.00 e. The number of amides is 1. The second kappa shape index (κ2) is 5.32. The normalized spacial score (nSPS) is 10.1. The van der Waals surface area contributed by atoms with Crippen molar-refractivity contribution in [1.29, 1.82) is 0 Å². The van der Waals surface area contributed by atoms with Gasteiger partial charge in [0.1, 0.15) is 11.3 Å². The number of nitrogens with zero attached hydrogens (tertiary/aromatic N) is 1. The Hall–Kier alpha value is -1.01. The van der Waals surface area contributed by atoms with Gasteiger partial charge in [-0.2, -0.15) is 0 Å². The molecule has 0 aliphatic rings. The molecule has 0 aliphatic heterocycles. The van der Waals surface area contributed by atoms with Gasteiger partial charge in [-0.15, -0.1) is 0 Å². The number of rotatable bonds is 1. The summed E-state index contributed by atoms with van der Waals surface area (Å²) in [5.74, 6) is -1.45. The Morgan fingerprint density at radius 3 is 2.67 bits per heavy atom. The zero-order valence-electron chi connectivity index (χ0n) is 10.9. The SMILES string of the molecule is Cn1c(=O)c(C(N)=O)c(O)c2c(Cl)cccc21.[H-].[Na+]. The third kappa shape index (κ3) is 2.14. The molecular weight excluding hydrogens is 267 g/mol. The number of pyridine rings is 1. The van der Waals surface area contributed by atoms with Crippen LogP contribution in [0.1, 0.15) is 11.8 Å². The van der Waals surface area contributed by atoms with Gasteiger partial charge in [-0.25, -0.2) is 0 Å². The number of halogens is 1. The molecule has 0 atom stereocenters. The summed E-state index contributed by atoms with van der Waals surface area (Å²) < 4.78 is 1.22. The summed E-state index contributed by atoms with van der Waals surface area (Å²) in [6, 6.07) is 4.82. The van der Waals surface area contributed by atoms with Crippen molar-refractivity contribution >= 4 is 28.4 Å². The van der Waals surface area contributed by atoms with E-state index in [2.05, 4.69) is 0 Å². The molecule has 1 aromatic carbocycles. The molecule has 0 aliphatic carbocycles. The number of benzene rings is 1. The van der Waals surface area contributed by atoms with E-state index in [0.717, 1.165) is 0 Å². The van der Waals surface area contributed by atoms with Gasteiger partial charge in [0.25, 0.3) is 11.5 Å². The van der Waals surface area contributed by atoms with Crippen molar-refractivity contribution in [3.63, 3.8) is 0 Å². The predicted octanol–water partition coefficient (Wildman–Crippen LogP) is -1.89. The average Bonchev–Trinajstić information content (AvgIpc) is 2.25. The van der Waals surface area contributed by atoms with E-state index in [4.69, 9.17) is 17.3 Å². The fourth-order valence-electron chi connectivity index (χ4n) is 1.75. The molecule has 90 valence electrons. The molecule has 5 nitrogen and oxygen atoms in total. The zero-order valence-corrected chi connectivity index (χ0v) is 12.7. The van der Waals surface area contributed by atoms with Crippen LogP contribution in [0, 0.1) is 0 Å². The standard InChI is InChI=1S/C11H9ClN2O3.Na.H/c1-14-6-4-2-3-5(12)7(6)9(15)8(10(13)16)11(14)17;;/h2-4,15H,1H3,(H2,13,16);;/q;+1;-1. The Morgan fingerprint density at radius 2 is 2.11 bits per heavy atom. The Kier molecular flexibility index (Phi) is 4.45. The van der Waals surface area contributed by atoms with E-state index >= 15 is 0 Å². The van der Waals surface area contributed by atoms with Crippen molar-refractivity contribution in [1.82, 2.24) is 4.57 Å². The van der Waals surface area contributed by atoms with Crippen molar-refractivity contribution < 1.29 is 40.9 Å². The topological polar surface area (TPSA) is 85.3 Å². The minimum absolute atomic E-state index is 0. The van der Waals surface area contributed by atoms with Crippen LogP contribution in [-0.2, 0) is 7.05 Å². The second-order valence-corrected chi connectivity index (χ2v) is 3.99. The number of aryl methyl sites for hydroxylation is 1. The molecule has 1 heterocycles. The molecule has 1 aromatic heterocycles. The molecule has 3 N–H and O–H groups in total. The Balaban J connectivity index is 0.00000162. The summed E-state index contributed by atoms with van der Waals surface area (Å²) in [7, 11) is 1.48. The molecule has 0 fully saturated rings. The van der Waals surface area contributed by atoms with Gasteiger partial charge in [0, 0.05) is 7.05 Å². The van der Waals surface area contributed by atoms with Crippen LogP contribution in [0.15, 0.2) is 23.0 Å². The Morgan fingerprint density at radius 1 is 1.50 bits per heavy atom. The predicted molar refractivity (Wildman–Crippen MR) is 65.5 cm³/mol. The van der Waals surface area contributed by atoms with Gasteiger partial charge in [-0.05, 0) is 12.1 Å². The molecule has 2 rings (SSSR count). The second-order valence-electron chi connectivity index (χ2n) is 3.59. The minimum Gasteiger partial charge on any atom is -1.00 e. The number of nitrogens with two attached hydrogens (primary N) is 1. The van der Waals surface area contributed by atoms with Crippen LogP contribution in [-0.4, -0.2) is 15.6 Å². The van der Waals surface area contributed by atoms with Crippen LogP contribution in [0.2, 0.25) is 5.02 Å². The van der Waals surface area contributed by atoms with E-state index in [1.54, 1.807) is 18.2 Å². The maximum atomic E-state index is 11.8. The number of fused-ring (bicyclic) bond motifs is 1. The summed E-state index contributed by atoms with van der Waals surface area (Å²) in [6.45, 7) is 0. The number of carbonyl (C=O) groups is 1. The number of aromatic nitrogens is 1. The first-order chi connectivity index (χ1) is 7.95. The van der Waals surface area contributed by atoms with E-state index in [9.17, 15) is 14.7 Å². The first-order valence-electron chi connectivity index (χ1n) is 4.75. The van der Waals surface area contributed by atoms with Crippen molar-refractivity contribution in [3.05, 3.63) is 39.1 Å². The maximum Gasteiger partial charge on any atom is 1.00 e. The van der Waals surface area contributed by atoms with E-state index in [1.165, 1.54) is 11.6 Å². The molecular formula is C11H10ClN2NaO3. The molecule has 2 aromatic rings. The summed E-state index contributed by atoms with van der Waals surface area (Å²) >= 11 is 5.94. The first kappa shape index (κ1) is 15.0. The molecule has 0 bridgehead atoms. The van der Waals surface area contributed by atoms with E-state index in [-0.39, 0.29) is 41.4 Å². The monoisotopic (exact) mass is 276 g/mol. The van der Waals surface area contributed by atoms with Crippen LogP contribution in [0.5, 0.6) is 5.75 Å². The zero-order chi connectivity index (χ0) is 12.7. The molecule has 0 radical (unpaired) electrons. The van der Waals surface area contributed by atoms with Crippen molar-refractivity contribution in [2.24, 2.45) is 12.8 Å². The van der Waals surface area contributed by atoms with Gasteiger partial charge in [0.15, 0.2) is 0 Å². The average molecular weight is 277 g/mol. The van der Waals surface area contributed by atoms with E-state index < -0.39 is 22.8 Å². The first-order valence-corrected chi connectivity index (χ1v) is 5.13. The smallest absolute Gasteiger partial charge is 1.00 e.